The molecule has 2 nitrogen and oxygen atoms in total. The molecule has 0 saturated carbocycles. The molecule has 0 aromatic heterocycles. The molecule has 1 aromatic rings. The van der Waals surface area contributed by atoms with Gasteiger partial charge in [0.25, 0.3) is 0 Å². The molecular formula is C17H26O2. The van der Waals surface area contributed by atoms with E-state index in [-0.39, 0.29) is 17.3 Å². The van der Waals surface area contributed by atoms with Crippen LogP contribution in [-0.2, 0) is 16.6 Å². The van der Waals surface area contributed by atoms with Gasteiger partial charge in [-0.05, 0) is 40.9 Å². The van der Waals surface area contributed by atoms with Crippen LogP contribution in [0.1, 0.15) is 57.7 Å². The van der Waals surface area contributed by atoms with Crippen molar-refractivity contribution in [1.29, 1.82) is 0 Å². The van der Waals surface area contributed by atoms with Crippen LogP contribution in [0.2, 0.25) is 0 Å². The number of aryl methyl sites for hydroxylation is 1. The van der Waals surface area contributed by atoms with Crippen LogP contribution < -0.4 is 0 Å². The van der Waals surface area contributed by atoms with Crippen LogP contribution in [0, 0.1) is 12.3 Å². The number of carboxylic acid groups (broad SMARTS) is 1. The Morgan fingerprint density at radius 1 is 1.16 bits per heavy atom. The summed E-state index contributed by atoms with van der Waals surface area (Å²) < 4.78 is 0. The first kappa shape index (κ1) is 15.7. The van der Waals surface area contributed by atoms with E-state index < -0.39 is 5.97 Å². The standard InChI is InChI=1S/C17H26O2/c1-12-7-8-14(16(2,3)4)9-13(12)10-17(5,6)11-15(18)19/h7-9H,10-11H2,1-6H3,(H,18,19). The molecule has 0 radical (unpaired) electrons. The summed E-state index contributed by atoms with van der Waals surface area (Å²) in [4.78, 5) is 10.9. The predicted octanol–water partition coefficient (Wildman–Crippen LogP) is 4.34. The average Bonchev–Trinajstić information content (AvgIpc) is 2.17. The molecule has 2 heteroatoms. The quantitative estimate of drug-likeness (QED) is 0.876. The number of rotatable bonds is 4. The fraction of sp³-hybridized carbons (Fsp3) is 0.588. The zero-order chi connectivity index (χ0) is 14.8. The molecule has 0 amide bonds. The number of aliphatic carboxylic acids is 1. The Bertz CT molecular complexity index is 465. The molecule has 0 spiro atoms. The molecule has 1 rings (SSSR count). The Balaban J connectivity index is 3.04. The zero-order valence-corrected chi connectivity index (χ0v) is 13.0. The summed E-state index contributed by atoms with van der Waals surface area (Å²) in [5.74, 6) is -0.727. The van der Waals surface area contributed by atoms with Gasteiger partial charge in [0.1, 0.15) is 0 Å². The van der Waals surface area contributed by atoms with Crippen molar-refractivity contribution in [1.82, 2.24) is 0 Å². The minimum atomic E-state index is -0.727. The number of carbonyl (C=O) groups is 1. The highest BCUT2D eigenvalue weighted by Crippen LogP contribution is 2.30. The maximum absolute atomic E-state index is 10.9. The van der Waals surface area contributed by atoms with Crippen LogP contribution in [-0.4, -0.2) is 11.1 Å². The lowest BCUT2D eigenvalue weighted by molar-refractivity contribution is -0.139. The van der Waals surface area contributed by atoms with E-state index in [1.54, 1.807) is 0 Å². The number of benzene rings is 1. The molecule has 0 bridgehead atoms. The lowest BCUT2D eigenvalue weighted by Gasteiger charge is -2.26. The molecule has 1 N–H and O–H groups in total. The van der Waals surface area contributed by atoms with Crippen LogP contribution in [0.5, 0.6) is 0 Å². The third-order valence-electron chi connectivity index (χ3n) is 3.51. The SMILES string of the molecule is Cc1ccc(C(C)(C)C)cc1CC(C)(C)CC(=O)O. The van der Waals surface area contributed by atoms with E-state index >= 15 is 0 Å². The van der Waals surface area contributed by atoms with Crippen molar-refractivity contribution in [2.45, 2.75) is 59.8 Å². The molecule has 0 aliphatic heterocycles. The Labute approximate surface area is 116 Å². The monoisotopic (exact) mass is 262 g/mol. The van der Waals surface area contributed by atoms with Gasteiger partial charge in [-0.15, -0.1) is 0 Å². The maximum Gasteiger partial charge on any atom is 0.303 e. The second-order valence-corrected chi connectivity index (χ2v) is 7.30. The van der Waals surface area contributed by atoms with Crippen LogP contribution in [0.25, 0.3) is 0 Å². The van der Waals surface area contributed by atoms with Crippen LogP contribution in [0.3, 0.4) is 0 Å². The molecule has 0 aliphatic carbocycles. The average molecular weight is 262 g/mol. The van der Waals surface area contributed by atoms with Gasteiger partial charge in [0.15, 0.2) is 0 Å². The van der Waals surface area contributed by atoms with E-state index in [2.05, 4.69) is 45.9 Å². The largest absolute Gasteiger partial charge is 0.481 e. The first-order valence-corrected chi connectivity index (χ1v) is 6.83. The molecule has 0 atom stereocenters. The van der Waals surface area contributed by atoms with E-state index in [4.69, 9.17) is 5.11 Å². The van der Waals surface area contributed by atoms with Gasteiger partial charge in [-0.2, -0.15) is 0 Å². The van der Waals surface area contributed by atoms with Crippen LogP contribution >= 0.6 is 0 Å². The second-order valence-electron chi connectivity index (χ2n) is 7.30. The molecule has 0 fully saturated rings. The first-order chi connectivity index (χ1) is 8.51. The van der Waals surface area contributed by atoms with Gasteiger partial charge in [0.05, 0.1) is 6.42 Å². The van der Waals surface area contributed by atoms with E-state index in [1.807, 2.05) is 13.8 Å². The zero-order valence-electron chi connectivity index (χ0n) is 13.0. The van der Waals surface area contributed by atoms with Crippen molar-refractivity contribution in [2.75, 3.05) is 0 Å². The summed E-state index contributed by atoms with van der Waals surface area (Å²) in [5.41, 5.74) is 3.72. The summed E-state index contributed by atoms with van der Waals surface area (Å²) in [5, 5.41) is 8.98. The van der Waals surface area contributed by atoms with Gasteiger partial charge in [-0.1, -0.05) is 52.8 Å². The van der Waals surface area contributed by atoms with Crippen molar-refractivity contribution in [3.05, 3.63) is 34.9 Å². The third kappa shape index (κ3) is 4.70. The van der Waals surface area contributed by atoms with Crippen molar-refractivity contribution in [3.63, 3.8) is 0 Å². The smallest absolute Gasteiger partial charge is 0.303 e. The Hall–Kier alpha value is -1.31. The molecule has 106 valence electrons. The van der Waals surface area contributed by atoms with Gasteiger partial charge in [0.2, 0.25) is 0 Å². The van der Waals surface area contributed by atoms with E-state index in [1.165, 1.54) is 16.7 Å². The number of hydrogen-bond acceptors (Lipinski definition) is 1. The molecule has 0 unspecified atom stereocenters. The summed E-state index contributed by atoms with van der Waals surface area (Å²) in [6, 6.07) is 6.55. The summed E-state index contributed by atoms with van der Waals surface area (Å²) in [6.07, 6.45) is 1.00. The van der Waals surface area contributed by atoms with Crippen molar-refractivity contribution in [2.24, 2.45) is 5.41 Å². The summed E-state index contributed by atoms with van der Waals surface area (Å²) >= 11 is 0. The first-order valence-electron chi connectivity index (χ1n) is 6.83. The van der Waals surface area contributed by atoms with Gasteiger partial charge < -0.3 is 5.11 Å². The van der Waals surface area contributed by atoms with Crippen LogP contribution in [0.15, 0.2) is 18.2 Å². The van der Waals surface area contributed by atoms with Gasteiger partial charge in [-0.3, -0.25) is 4.79 Å². The van der Waals surface area contributed by atoms with E-state index in [9.17, 15) is 4.79 Å². The van der Waals surface area contributed by atoms with Gasteiger partial charge >= 0.3 is 5.97 Å². The Kier molecular flexibility index (Phi) is 4.44. The number of hydrogen-bond donors (Lipinski definition) is 1. The van der Waals surface area contributed by atoms with Gasteiger partial charge in [-0.25, -0.2) is 0 Å². The third-order valence-corrected chi connectivity index (χ3v) is 3.51. The highest BCUT2D eigenvalue weighted by atomic mass is 16.4. The number of carboxylic acids is 1. The predicted molar refractivity (Wildman–Crippen MR) is 79.6 cm³/mol. The normalized spacial score (nSPS) is 12.5. The molecule has 19 heavy (non-hydrogen) atoms. The van der Waals surface area contributed by atoms with Crippen molar-refractivity contribution < 1.29 is 9.90 Å². The maximum atomic E-state index is 10.9. The minimum Gasteiger partial charge on any atom is -0.481 e. The lowest BCUT2D eigenvalue weighted by atomic mass is 9.79. The second kappa shape index (κ2) is 5.36. The van der Waals surface area contributed by atoms with Crippen molar-refractivity contribution >= 4 is 5.97 Å². The van der Waals surface area contributed by atoms with Crippen molar-refractivity contribution in [3.8, 4) is 0 Å². The highest BCUT2D eigenvalue weighted by Gasteiger charge is 2.24. The molecule has 0 saturated heterocycles. The Morgan fingerprint density at radius 3 is 2.21 bits per heavy atom. The Morgan fingerprint density at radius 2 is 1.74 bits per heavy atom. The lowest BCUT2D eigenvalue weighted by Crippen LogP contribution is -2.21. The molecular weight excluding hydrogens is 236 g/mol. The van der Waals surface area contributed by atoms with Crippen LogP contribution in [0.4, 0.5) is 0 Å². The summed E-state index contributed by atoms with van der Waals surface area (Å²) in [6.45, 7) is 12.7. The molecule has 1 aromatic carbocycles. The minimum absolute atomic E-state index is 0.124. The fourth-order valence-electron chi connectivity index (χ4n) is 2.32. The topological polar surface area (TPSA) is 37.3 Å². The molecule has 0 heterocycles. The molecule has 0 aliphatic rings. The highest BCUT2D eigenvalue weighted by molar-refractivity contribution is 5.67. The van der Waals surface area contributed by atoms with Gasteiger partial charge in [0, 0.05) is 0 Å². The van der Waals surface area contributed by atoms with E-state index in [0.29, 0.717) is 0 Å². The van der Waals surface area contributed by atoms with E-state index in [0.717, 1.165) is 6.42 Å². The summed E-state index contributed by atoms with van der Waals surface area (Å²) in [7, 11) is 0. The fourth-order valence-corrected chi connectivity index (χ4v) is 2.32.